The van der Waals surface area contributed by atoms with E-state index in [-0.39, 0.29) is 5.82 Å². The molecular formula is C18H23FN2. The Bertz CT molecular complexity index is 567. The first-order valence-electron chi connectivity index (χ1n) is 7.35. The highest BCUT2D eigenvalue weighted by molar-refractivity contribution is 5.25. The summed E-state index contributed by atoms with van der Waals surface area (Å²) in [5.41, 5.74) is 8.56. The standard InChI is InChI=1S/C18H23FN2/c1-14(2)21(12-15-6-4-3-5-7-15)13-17-10-16(11-20)8-9-18(17)19/h3-10,14H,11-13,20H2,1-2H3. The molecule has 0 aromatic heterocycles. The lowest BCUT2D eigenvalue weighted by Crippen LogP contribution is -2.30. The Morgan fingerprint density at radius 1 is 1.00 bits per heavy atom. The molecule has 0 bridgehead atoms. The van der Waals surface area contributed by atoms with Crippen molar-refractivity contribution < 1.29 is 4.39 Å². The Balaban J connectivity index is 2.16. The van der Waals surface area contributed by atoms with Crippen LogP contribution in [0.25, 0.3) is 0 Å². The second kappa shape index (κ2) is 7.34. The van der Waals surface area contributed by atoms with Gasteiger partial charge in [-0.15, -0.1) is 0 Å². The van der Waals surface area contributed by atoms with E-state index in [1.807, 2.05) is 24.3 Å². The molecular weight excluding hydrogens is 263 g/mol. The van der Waals surface area contributed by atoms with Gasteiger partial charge in [0.05, 0.1) is 0 Å². The first-order valence-corrected chi connectivity index (χ1v) is 7.35. The van der Waals surface area contributed by atoms with Gasteiger partial charge in [-0.2, -0.15) is 0 Å². The molecule has 0 radical (unpaired) electrons. The van der Waals surface area contributed by atoms with Crippen LogP contribution in [-0.2, 0) is 19.6 Å². The van der Waals surface area contributed by atoms with Crippen LogP contribution in [0, 0.1) is 5.82 Å². The summed E-state index contributed by atoms with van der Waals surface area (Å²) in [7, 11) is 0. The van der Waals surface area contributed by atoms with E-state index in [1.165, 1.54) is 11.6 Å². The zero-order valence-corrected chi connectivity index (χ0v) is 12.7. The molecule has 0 saturated carbocycles. The van der Waals surface area contributed by atoms with Gasteiger partial charge in [0.1, 0.15) is 5.82 Å². The molecule has 0 spiro atoms. The molecule has 2 nitrogen and oxygen atoms in total. The van der Waals surface area contributed by atoms with Gasteiger partial charge >= 0.3 is 0 Å². The molecule has 112 valence electrons. The van der Waals surface area contributed by atoms with Crippen LogP contribution >= 0.6 is 0 Å². The van der Waals surface area contributed by atoms with Crippen molar-refractivity contribution in [3.63, 3.8) is 0 Å². The van der Waals surface area contributed by atoms with Crippen LogP contribution in [0.1, 0.15) is 30.5 Å². The highest BCUT2D eigenvalue weighted by Crippen LogP contribution is 2.17. The molecule has 0 atom stereocenters. The highest BCUT2D eigenvalue weighted by Gasteiger charge is 2.13. The van der Waals surface area contributed by atoms with Gasteiger partial charge in [-0.1, -0.05) is 42.5 Å². The molecule has 0 aliphatic carbocycles. The van der Waals surface area contributed by atoms with Crippen molar-refractivity contribution >= 4 is 0 Å². The van der Waals surface area contributed by atoms with Crippen LogP contribution in [0.15, 0.2) is 48.5 Å². The summed E-state index contributed by atoms with van der Waals surface area (Å²) in [6, 6.07) is 15.7. The van der Waals surface area contributed by atoms with Crippen LogP contribution in [0.5, 0.6) is 0 Å². The fourth-order valence-corrected chi connectivity index (χ4v) is 2.33. The maximum absolute atomic E-state index is 14.0. The van der Waals surface area contributed by atoms with Crippen molar-refractivity contribution in [2.45, 2.75) is 39.5 Å². The van der Waals surface area contributed by atoms with Crippen LogP contribution < -0.4 is 5.73 Å². The van der Waals surface area contributed by atoms with E-state index < -0.39 is 0 Å². The van der Waals surface area contributed by atoms with Gasteiger partial charge in [-0.3, -0.25) is 4.90 Å². The molecule has 0 amide bonds. The van der Waals surface area contributed by atoms with E-state index in [0.717, 1.165) is 12.1 Å². The Kier molecular flexibility index (Phi) is 5.48. The van der Waals surface area contributed by atoms with E-state index in [9.17, 15) is 4.39 Å². The lowest BCUT2D eigenvalue weighted by atomic mass is 10.1. The van der Waals surface area contributed by atoms with Crippen LogP contribution in [0.4, 0.5) is 4.39 Å². The van der Waals surface area contributed by atoms with E-state index in [4.69, 9.17) is 5.73 Å². The third kappa shape index (κ3) is 4.38. The molecule has 0 heterocycles. The normalized spacial score (nSPS) is 11.3. The summed E-state index contributed by atoms with van der Waals surface area (Å²) in [4.78, 5) is 2.26. The fourth-order valence-electron chi connectivity index (χ4n) is 2.33. The minimum atomic E-state index is -0.161. The maximum atomic E-state index is 14.0. The Morgan fingerprint density at radius 3 is 2.33 bits per heavy atom. The number of nitrogens with zero attached hydrogens (tertiary/aromatic N) is 1. The molecule has 0 aliphatic rings. The fraction of sp³-hybridized carbons (Fsp3) is 0.333. The lowest BCUT2D eigenvalue weighted by molar-refractivity contribution is 0.201. The second-order valence-electron chi connectivity index (χ2n) is 5.61. The van der Waals surface area contributed by atoms with Crippen molar-refractivity contribution in [1.82, 2.24) is 4.90 Å². The Morgan fingerprint density at radius 2 is 1.71 bits per heavy atom. The molecule has 2 N–H and O–H groups in total. The maximum Gasteiger partial charge on any atom is 0.127 e. The average Bonchev–Trinajstić information content (AvgIpc) is 2.49. The van der Waals surface area contributed by atoms with Crippen LogP contribution in [0.3, 0.4) is 0 Å². The number of halogens is 1. The number of nitrogens with two attached hydrogens (primary N) is 1. The largest absolute Gasteiger partial charge is 0.326 e. The van der Waals surface area contributed by atoms with Crippen molar-refractivity contribution in [3.8, 4) is 0 Å². The number of hydrogen-bond donors (Lipinski definition) is 1. The van der Waals surface area contributed by atoms with Crippen molar-refractivity contribution in [1.29, 1.82) is 0 Å². The second-order valence-corrected chi connectivity index (χ2v) is 5.61. The summed E-state index contributed by atoms with van der Waals surface area (Å²) in [5, 5.41) is 0. The summed E-state index contributed by atoms with van der Waals surface area (Å²) in [6.45, 7) is 6.10. The third-order valence-electron chi connectivity index (χ3n) is 3.68. The van der Waals surface area contributed by atoms with Gasteiger partial charge < -0.3 is 5.73 Å². The van der Waals surface area contributed by atoms with Crippen LogP contribution in [0.2, 0.25) is 0 Å². The molecule has 0 aliphatic heterocycles. The molecule has 2 aromatic rings. The van der Waals surface area contributed by atoms with Crippen molar-refractivity contribution in [2.75, 3.05) is 0 Å². The molecule has 2 rings (SSSR count). The van der Waals surface area contributed by atoms with Crippen molar-refractivity contribution in [2.24, 2.45) is 5.73 Å². The Labute approximate surface area is 126 Å². The van der Waals surface area contributed by atoms with E-state index >= 15 is 0 Å². The smallest absolute Gasteiger partial charge is 0.127 e. The van der Waals surface area contributed by atoms with Gasteiger partial charge in [0.15, 0.2) is 0 Å². The summed E-state index contributed by atoms with van der Waals surface area (Å²) in [6.07, 6.45) is 0. The minimum Gasteiger partial charge on any atom is -0.326 e. The molecule has 0 fully saturated rings. The first kappa shape index (κ1) is 15.7. The molecule has 2 aromatic carbocycles. The zero-order chi connectivity index (χ0) is 15.2. The predicted octanol–water partition coefficient (Wildman–Crippen LogP) is 3.70. The van der Waals surface area contributed by atoms with Gasteiger partial charge in [0.2, 0.25) is 0 Å². The average molecular weight is 286 g/mol. The molecule has 3 heteroatoms. The van der Waals surface area contributed by atoms with Crippen LogP contribution in [-0.4, -0.2) is 10.9 Å². The topological polar surface area (TPSA) is 29.3 Å². The zero-order valence-electron chi connectivity index (χ0n) is 12.7. The molecule has 0 saturated heterocycles. The molecule has 0 unspecified atom stereocenters. The van der Waals surface area contributed by atoms with Gasteiger partial charge in [-0.05, 0) is 31.0 Å². The van der Waals surface area contributed by atoms with Crippen molar-refractivity contribution in [3.05, 3.63) is 71.0 Å². The number of benzene rings is 2. The number of hydrogen-bond acceptors (Lipinski definition) is 2. The number of rotatable bonds is 6. The lowest BCUT2D eigenvalue weighted by Gasteiger charge is -2.27. The summed E-state index contributed by atoms with van der Waals surface area (Å²) < 4.78 is 14.0. The first-order chi connectivity index (χ1) is 10.1. The van der Waals surface area contributed by atoms with E-state index in [2.05, 4.69) is 30.9 Å². The quantitative estimate of drug-likeness (QED) is 0.877. The molecule has 21 heavy (non-hydrogen) atoms. The highest BCUT2D eigenvalue weighted by atomic mass is 19.1. The van der Waals surface area contributed by atoms with E-state index in [0.29, 0.717) is 24.7 Å². The van der Waals surface area contributed by atoms with Gasteiger partial charge in [0.25, 0.3) is 0 Å². The predicted molar refractivity (Wildman–Crippen MR) is 85.1 cm³/mol. The Hall–Kier alpha value is -1.71. The third-order valence-corrected chi connectivity index (χ3v) is 3.68. The minimum absolute atomic E-state index is 0.161. The summed E-state index contributed by atoms with van der Waals surface area (Å²) >= 11 is 0. The van der Waals surface area contributed by atoms with Gasteiger partial charge in [-0.25, -0.2) is 4.39 Å². The monoisotopic (exact) mass is 286 g/mol. The summed E-state index contributed by atoms with van der Waals surface area (Å²) in [5.74, 6) is -0.161. The van der Waals surface area contributed by atoms with Gasteiger partial charge in [0, 0.05) is 31.2 Å². The SMILES string of the molecule is CC(C)N(Cc1ccccc1)Cc1cc(CN)ccc1F. The van der Waals surface area contributed by atoms with E-state index in [1.54, 1.807) is 6.07 Å².